The summed E-state index contributed by atoms with van der Waals surface area (Å²) in [6.45, 7) is 2.45. The van der Waals surface area contributed by atoms with Gasteiger partial charge in [0.05, 0.1) is 6.61 Å². The van der Waals surface area contributed by atoms with E-state index in [2.05, 4.69) is 6.92 Å². The molecular formula is C17H26O5. The van der Waals surface area contributed by atoms with Crippen molar-refractivity contribution in [3.05, 3.63) is 17.7 Å². The predicted molar refractivity (Wildman–Crippen MR) is 84.3 cm³/mol. The molecule has 3 N–H and O–H groups in total. The molecule has 1 aromatic rings. The number of benzene rings is 1. The van der Waals surface area contributed by atoms with Crippen molar-refractivity contribution in [1.29, 1.82) is 0 Å². The molecule has 124 valence electrons. The van der Waals surface area contributed by atoms with Crippen molar-refractivity contribution >= 4 is 5.97 Å². The number of carbonyl (C=O) groups excluding carboxylic acids is 1. The Kier molecular flexibility index (Phi) is 8.18. The van der Waals surface area contributed by atoms with E-state index in [9.17, 15) is 20.1 Å². The van der Waals surface area contributed by atoms with Crippen molar-refractivity contribution in [2.75, 3.05) is 6.61 Å². The summed E-state index contributed by atoms with van der Waals surface area (Å²) in [5, 5.41) is 28.3. The fourth-order valence-corrected chi connectivity index (χ4v) is 2.28. The average molecular weight is 310 g/mol. The Balaban J connectivity index is 2.22. The van der Waals surface area contributed by atoms with Gasteiger partial charge in [-0.15, -0.1) is 0 Å². The molecule has 0 amide bonds. The van der Waals surface area contributed by atoms with Crippen molar-refractivity contribution in [2.45, 2.75) is 58.3 Å². The Morgan fingerprint density at radius 1 is 0.909 bits per heavy atom. The van der Waals surface area contributed by atoms with Crippen LogP contribution in [0.1, 0.15) is 68.6 Å². The standard InChI is InChI=1S/C17H26O5/c1-2-3-4-5-6-7-8-9-10-22-17(21)16-14(19)11-13(18)12-15(16)20/h11-12,18-20H,2-10H2,1H3. The molecule has 0 aliphatic heterocycles. The smallest absolute Gasteiger partial charge is 0.345 e. The number of ether oxygens (including phenoxy) is 1. The topological polar surface area (TPSA) is 87.0 Å². The Hall–Kier alpha value is -1.91. The monoisotopic (exact) mass is 310 g/mol. The Morgan fingerprint density at radius 2 is 1.41 bits per heavy atom. The number of phenols is 3. The second-order valence-corrected chi connectivity index (χ2v) is 5.47. The van der Waals surface area contributed by atoms with E-state index >= 15 is 0 Å². The van der Waals surface area contributed by atoms with Crippen molar-refractivity contribution in [1.82, 2.24) is 0 Å². The molecule has 22 heavy (non-hydrogen) atoms. The fourth-order valence-electron chi connectivity index (χ4n) is 2.28. The maximum Gasteiger partial charge on any atom is 0.345 e. The lowest BCUT2D eigenvalue weighted by Gasteiger charge is -2.08. The van der Waals surface area contributed by atoms with Gasteiger partial charge >= 0.3 is 5.97 Å². The second kappa shape index (κ2) is 9.92. The van der Waals surface area contributed by atoms with Gasteiger partial charge in [-0.25, -0.2) is 4.79 Å². The second-order valence-electron chi connectivity index (χ2n) is 5.47. The average Bonchev–Trinajstić information content (AvgIpc) is 2.44. The molecule has 0 heterocycles. The van der Waals surface area contributed by atoms with Gasteiger partial charge in [0.15, 0.2) is 0 Å². The minimum atomic E-state index is -0.780. The number of carbonyl (C=O) groups is 1. The van der Waals surface area contributed by atoms with Crippen LogP contribution in [-0.4, -0.2) is 27.9 Å². The third-order valence-corrected chi connectivity index (χ3v) is 3.52. The zero-order valence-corrected chi connectivity index (χ0v) is 13.2. The van der Waals surface area contributed by atoms with Gasteiger partial charge < -0.3 is 20.1 Å². The van der Waals surface area contributed by atoms with Crippen LogP contribution in [0.4, 0.5) is 0 Å². The first-order valence-corrected chi connectivity index (χ1v) is 7.98. The van der Waals surface area contributed by atoms with Crippen LogP contribution in [-0.2, 0) is 4.74 Å². The van der Waals surface area contributed by atoms with Crippen LogP contribution < -0.4 is 0 Å². The molecule has 0 saturated carbocycles. The van der Waals surface area contributed by atoms with Crippen LogP contribution >= 0.6 is 0 Å². The number of rotatable bonds is 10. The summed E-state index contributed by atoms with van der Waals surface area (Å²) in [6.07, 6.45) is 9.15. The normalized spacial score (nSPS) is 10.6. The maximum absolute atomic E-state index is 11.8. The van der Waals surface area contributed by atoms with E-state index in [-0.39, 0.29) is 17.9 Å². The Labute approximate surface area is 131 Å². The molecule has 1 rings (SSSR count). The van der Waals surface area contributed by atoms with Gasteiger partial charge in [-0.1, -0.05) is 51.9 Å². The van der Waals surface area contributed by atoms with Gasteiger partial charge in [0.25, 0.3) is 0 Å². The quantitative estimate of drug-likeness (QED) is 0.447. The summed E-state index contributed by atoms with van der Waals surface area (Å²) in [5.41, 5.74) is -0.308. The molecule has 0 bridgehead atoms. The number of aromatic hydroxyl groups is 3. The van der Waals surface area contributed by atoms with Crippen LogP contribution in [0, 0.1) is 0 Å². The van der Waals surface area contributed by atoms with Crippen LogP contribution in [0.2, 0.25) is 0 Å². The van der Waals surface area contributed by atoms with Gasteiger partial charge in [0.2, 0.25) is 0 Å². The van der Waals surface area contributed by atoms with E-state index < -0.39 is 17.5 Å². The fraction of sp³-hybridized carbons (Fsp3) is 0.588. The van der Waals surface area contributed by atoms with Crippen LogP contribution in [0.15, 0.2) is 12.1 Å². The molecule has 0 fully saturated rings. The molecule has 1 aromatic carbocycles. The van der Waals surface area contributed by atoms with Crippen LogP contribution in [0.5, 0.6) is 17.2 Å². The highest BCUT2D eigenvalue weighted by atomic mass is 16.5. The van der Waals surface area contributed by atoms with Gasteiger partial charge in [-0.05, 0) is 6.42 Å². The summed E-state index contributed by atoms with van der Waals surface area (Å²) >= 11 is 0. The van der Waals surface area contributed by atoms with E-state index in [1.807, 2.05) is 0 Å². The summed E-state index contributed by atoms with van der Waals surface area (Å²) in [6, 6.07) is 1.99. The highest BCUT2D eigenvalue weighted by molar-refractivity contribution is 5.95. The molecule has 0 spiro atoms. The Bertz CT molecular complexity index is 447. The van der Waals surface area contributed by atoms with Gasteiger partial charge in [0.1, 0.15) is 22.8 Å². The third-order valence-electron chi connectivity index (χ3n) is 3.52. The SMILES string of the molecule is CCCCCCCCCCOC(=O)c1c(O)cc(O)cc1O. The molecule has 0 aliphatic rings. The predicted octanol–water partition coefficient (Wildman–Crippen LogP) is 4.10. The van der Waals surface area contributed by atoms with Crippen LogP contribution in [0.3, 0.4) is 0 Å². The van der Waals surface area contributed by atoms with Gasteiger partial charge in [-0.3, -0.25) is 0 Å². The first kappa shape index (κ1) is 18.1. The number of hydrogen-bond donors (Lipinski definition) is 3. The lowest BCUT2D eigenvalue weighted by molar-refractivity contribution is 0.0491. The lowest BCUT2D eigenvalue weighted by Crippen LogP contribution is -2.07. The summed E-state index contributed by atoms with van der Waals surface area (Å²) < 4.78 is 5.03. The van der Waals surface area contributed by atoms with Crippen molar-refractivity contribution < 1.29 is 24.9 Å². The van der Waals surface area contributed by atoms with Gasteiger partial charge in [-0.2, -0.15) is 0 Å². The van der Waals surface area contributed by atoms with Gasteiger partial charge in [0, 0.05) is 12.1 Å². The first-order chi connectivity index (χ1) is 10.6. The zero-order chi connectivity index (χ0) is 16.4. The Morgan fingerprint density at radius 3 is 1.95 bits per heavy atom. The number of phenolic OH excluding ortho intramolecular Hbond substituents is 3. The molecule has 0 unspecified atom stereocenters. The van der Waals surface area contributed by atoms with E-state index in [0.717, 1.165) is 31.4 Å². The number of unbranched alkanes of at least 4 members (excludes halogenated alkanes) is 7. The van der Waals surface area contributed by atoms with Crippen molar-refractivity contribution in [3.63, 3.8) is 0 Å². The highest BCUT2D eigenvalue weighted by Gasteiger charge is 2.19. The van der Waals surface area contributed by atoms with Crippen molar-refractivity contribution in [3.8, 4) is 17.2 Å². The van der Waals surface area contributed by atoms with E-state index in [1.54, 1.807) is 0 Å². The number of esters is 1. The molecule has 0 aromatic heterocycles. The minimum absolute atomic E-state index is 0.257. The molecule has 5 heteroatoms. The van der Waals surface area contributed by atoms with Crippen LogP contribution in [0.25, 0.3) is 0 Å². The first-order valence-electron chi connectivity index (χ1n) is 7.98. The molecular weight excluding hydrogens is 284 g/mol. The molecule has 0 atom stereocenters. The summed E-state index contributed by atoms with van der Waals surface area (Å²) in [7, 11) is 0. The minimum Gasteiger partial charge on any atom is -0.508 e. The highest BCUT2D eigenvalue weighted by Crippen LogP contribution is 2.32. The summed E-state index contributed by atoms with van der Waals surface area (Å²) in [5.74, 6) is -2.07. The maximum atomic E-state index is 11.8. The molecule has 0 saturated heterocycles. The molecule has 0 radical (unpaired) electrons. The third kappa shape index (κ3) is 6.24. The molecule has 0 aliphatic carbocycles. The van der Waals surface area contributed by atoms with E-state index in [4.69, 9.17) is 4.74 Å². The summed E-state index contributed by atoms with van der Waals surface area (Å²) in [4.78, 5) is 11.8. The number of hydrogen-bond acceptors (Lipinski definition) is 5. The molecule has 5 nitrogen and oxygen atoms in total. The van der Waals surface area contributed by atoms with E-state index in [1.165, 1.54) is 32.1 Å². The largest absolute Gasteiger partial charge is 0.508 e. The lowest BCUT2D eigenvalue weighted by atomic mass is 10.1. The van der Waals surface area contributed by atoms with Crippen molar-refractivity contribution in [2.24, 2.45) is 0 Å². The zero-order valence-electron chi connectivity index (χ0n) is 13.2. The van der Waals surface area contributed by atoms with E-state index in [0.29, 0.717) is 0 Å².